The zero-order chi connectivity index (χ0) is 27.1. The molecule has 0 aliphatic rings. The highest BCUT2D eigenvalue weighted by atomic mass is 32.1. The van der Waals surface area contributed by atoms with Gasteiger partial charge < -0.3 is 10.6 Å². The van der Waals surface area contributed by atoms with Crippen LogP contribution in [-0.2, 0) is 0 Å². The van der Waals surface area contributed by atoms with Gasteiger partial charge in [-0.15, -0.1) is 0 Å². The van der Waals surface area contributed by atoms with Gasteiger partial charge in [0.2, 0.25) is 0 Å². The summed E-state index contributed by atoms with van der Waals surface area (Å²) in [5, 5.41) is 9.15. The number of nitrogens with one attached hydrogen (secondary N) is 3. The van der Waals surface area contributed by atoms with Gasteiger partial charge in [0.15, 0.2) is 5.13 Å². The molecule has 37 heavy (non-hydrogen) atoms. The van der Waals surface area contributed by atoms with E-state index < -0.39 is 0 Å². The zero-order valence-electron chi connectivity index (χ0n) is 21.6. The van der Waals surface area contributed by atoms with Crippen LogP contribution < -0.4 is 16.0 Å². The lowest BCUT2D eigenvalue weighted by molar-refractivity contribution is 0.0966. The predicted molar refractivity (Wildman–Crippen MR) is 157 cm³/mol. The molecule has 2 aromatic carbocycles. The van der Waals surface area contributed by atoms with Crippen LogP contribution >= 0.6 is 11.3 Å². The molecule has 3 rings (SSSR count). The van der Waals surface area contributed by atoms with E-state index >= 15 is 0 Å². The largest absolute Gasteiger partial charge is 0.331 e. The second-order valence-electron chi connectivity index (χ2n) is 8.57. The first-order chi connectivity index (χ1) is 17.7. The van der Waals surface area contributed by atoms with Crippen molar-refractivity contribution in [2.75, 3.05) is 5.32 Å². The molecule has 1 unspecified atom stereocenters. The minimum atomic E-state index is -0.376. The van der Waals surface area contributed by atoms with Crippen LogP contribution in [0.4, 0.5) is 9.93 Å². The molecule has 0 bridgehead atoms. The standard InChI is InChI=1S/C30H32N4O2S/c1-8-12-19(6)27(18(4)5)33-28(35)22-15-16-25-26(17-22)37-30(32-25)34-29(36)31-20(7)24-14-11-13-21(9-2)23(24)10-3/h8-17,20H,2-4H2,1,5-7H3,(H,33,35)(H2,31,32,34,36)/b12-8-,27-19+. The van der Waals surface area contributed by atoms with Gasteiger partial charge in [-0.25, -0.2) is 9.78 Å². The van der Waals surface area contributed by atoms with Crippen molar-refractivity contribution in [3.63, 3.8) is 0 Å². The van der Waals surface area contributed by atoms with Gasteiger partial charge in [-0.1, -0.05) is 73.6 Å². The van der Waals surface area contributed by atoms with Gasteiger partial charge in [-0.2, -0.15) is 0 Å². The number of amides is 3. The summed E-state index contributed by atoms with van der Waals surface area (Å²) in [4.78, 5) is 30.1. The Bertz CT molecular complexity index is 1450. The molecule has 0 aliphatic heterocycles. The minimum absolute atomic E-state index is 0.238. The highest BCUT2D eigenvalue weighted by Gasteiger charge is 2.16. The van der Waals surface area contributed by atoms with Gasteiger partial charge in [-0.05, 0) is 73.7 Å². The molecule has 0 saturated heterocycles. The van der Waals surface area contributed by atoms with E-state index in [0.29, 0.717) is 21.9 Å². The van der Waals surface area contributed by atoms with Gasteiger partial charge in [0, 0.05) is 11.3 Å². The Morgan fingerprint density at radius 2 is 1.86 bits per heavy atom. The Hall–Kier alpha value is -4.23. The molecule has 3 N–H and O–H groups in total. The Balaban J connectivity index is 1.75. The lowest BCUT2D eigenvalue weighted by Gasteiger charge is -2.18. The number of benzene rings is 2. The molecule has 3 aromatic rings. The van der Waals surface area contributed by atoms with Crippen LogP contribution in [0.1, 0.15) is 60.8 Å². The van der Waals surface area contributed by atoms with E-state index in [2.05, 4.69) is 40.7 Å². The smallest absolute Gasteiger partial charge is 0.321 e. The van der Waals surface area contributed by atoms with Crippen LogP contribution in [0.5, 0.6) is 0 Å². The van der Waals surface area contributed by atoms with Crippen LogP contribution in [0.25, 0.3) is 22.4 Å². The summed E-state index contributed by atoms with van der Waals surface area (Å²) in [5.41, 5.74) is 6.40. The maximum absolute atomic E-state index is 12.9. The summed E-state index contributed by atoms with van der Waals surface area (Å²) in [7, 11) is 0. The fourth-order valence-corrected chi connectivity index (χ4v) is 4.88. The van der Waals surface area contributed by atoms with Crippen molar-refractivity contribution in [1.82, 2.24) is 15.6 Å². The lowest BCUT2D eigenvalue weighted by Crippen LogP contribution is -2.31. The topological polar surface area (TPSA) is 83.1 Å². The number of fused-ring (bicyclic) bond motifs is 1. The molecule has 6 nitrogen and oxygen atoms in total. The van der Waals surface area contributed by atoms with E-state index in [0.717, 1.165) is 32.5 Å². The average molecular weight is 513 g/mol. The second kappa shape index (κ2) is 12.1. The Morgan fingerprint density at radius 1 is 1.11 bits per heavy atom. The number of anilines is 1. The Kier molecular flexibility index (Phi) is 8.98. The van der Waals surface area contributed by atoms with E-state index in [4.69, 9.17) is 0 Å². The third-order valence-corrected chi connectivity index (χ3v) is 6.69. The number of allylic oxidation sites excluding steroid dienone is 4. The molecule has 1 atom stereocenters. The lowest BCUT2D eigenvalue weighted by atomic mass is 9.96. The van der Waals surface area contributed by atoms with Crippen molar-refractivity contribution < 1.29 is 9.59 Å². The number of urea groups is 1. The number of hydrogen-bond donors (Lipinski definition) is 3. The summed E-state index contributed by atoms with van der Waals surface area (Å²) in [5.74, 6) is -0.238. The van der Waals surface area contributed by atoms with Gasteiger partial charge >= 0.3 is 6.03 Å². The van der Waals surface area contributed by atoms with Gasteiger partial charge in [-0.3, -0.25) is 10.1 Å². The summed E-state index contributed by atoms with van der Waals surface area (Å²) in [6.45, 7) is 19.3. The monoisotopic (exact) mass is 512 g/mol. The number of rotatable bonds is 9. The van der Waals surface area contributed by atoms with Crippen LogP contribution in [0.3, 0.4) is 0 Å². The molecular weight excluding hydrogens is 480 g/mol. The van der Waals surface area contributed by atoms with Crippen LogP contribution in [0.15, 0.2) is 85.1 Å². The summed E-state index contributed by atoms with van der Waals surface area (Å²) < 4.78 is 0.787. The number of carbonyl (C=O) groups is 2. The van der Waals surface area contributed by atoms with Crippen molar-refractivity contribution in [2.24, 2.45) is 0 Å². The van der Waals surface area contributed by atoms with Crippen molar-refractivity contribution in [2.45, 2.75) is 33.7 Å². The number of hydrogen-bond acceptors (Lipinski definition) is 4. The first kappa shape index (κ1) is 27.4. The molecule has 3 amide bonds. The molecule has 1 heterocycles. The maximum atomic E-state index is 12.9. The molecule has 190 valence electrons. The molecule has 0 aliphatic carbocycles. The number of aromatic nitrogens is 1. The fourth-order valence-electron chi connectivity index (χ4n) is 3.98. The fraction of sp³-hybridized carbons (Fsp3) is 0.167. The van der Waals surface area contributed by atoms with Crippen molar-refractivity contribution in [3.05, 3.63) is 107 Å². The van der Waals surface area contributed by atoms with Crippen LogP contribution in [0.2, 0.25) is 0 Å². The molecule has 0 fully saturated rings. The number of carbonyl (C=O) groups excluding carboxylic acids is 2. The summed E-state index contributed by atoms with van der Waals surface area (Å²) in [6, 6.07) is 10.4. The first-order valence-corrected chi connectivity index (χ1v) is 12.7. The SMILES string of the molecule is C=Cc1cccc(C(C)NC(=O)Nc2nc3ccc(C(=O)N/C(C(=C)C)=C(C)/C=C\C)cc3s2)c1C=C. The average Bonchev–Trinajstić information content (AvgIpc) is 3.27. The van der Waals surface area contributed by atoms with Crippen LogP contribution in [0, 0.1) is 0 Å². The van der Waals surface area contributed by atoms with E-state index in [1.54, 1.807) is 30.4 Å². The number of thiazole rings is 1. The maximum Gasteiger partial charge on any atom is 0.321 e. The summed E-state index contributed by atoms with van der Waals surface area (Å²) >= 11 is 1.30. The minimum Gasteiger partial charge on any atom is -0.331 e. The van der Waals surface area contributed by atoms with E-state index in [-0.39, 0.29) is 18.0 Å². The Morgan fingerprint density at radius 3 is 2.51 bits per heavy atom. The van der Waals surface area contributed by atoms with Crippen molar-refractivity contribution in [1.29, 1.82) is 0 Å². The van der Waals surface area contributed by atoms with E-state index in [1.807, 2.05) is 58.0 Å². The molecule has 7 heteroatoms. The zero-order valence-corrected chi connectivity index (χ0v) is 22.5. The third kappa shape index (κ3) is 6.51. The first-order valence-electron chi connectivity index (χ1n) is 11.8. The number of nitrogens with zero attached hydrogens (tertiary/aromatic N) is 1. The van der Waals surface area contributed by atoms with Gasteiger partial charge in [0.1, 0.15) is 0 Å². The molecule has 0 spiro atoms. The molecule has 1 aromatic heterocycles. The molecular formula is C30H32N4O2S. The second-order valence-corrected chi connectivity index (χ2v) is 9.60. The molecule has 0 radical (unpaired) electrons. The van der Waals surface area contributed by atoms with Gasteiger partial charge in [0.05, 0.1) is 16.3 Å². The van der Waals surface area contributed by atoms with Gasteiger partial charge in [0.25, 0.3) is 5.91 Å². The van der Waals surface area contributed by atoms with E-state index in [1.165, 1.54) is 11.3 Å². The van der Waals surface area contributed by atoms with Crippen LogP contribution in [-0.4, -0.2) is 16.9 Å². The van der Waals surface area contributed by atoms with Crippen molar-refractivity contribution >= 4 is 50.8 Å². The van der Waals surface area contributed by atoms with E-state index in [9.17, 15) is 9.59 Å². The van der Waals surface area contributed by atoms with Crippen molar-refractivity contribution in [3.8, 4) is 0 Å². The molecule has 0 saturated carbocycles. The normalized spacial score (nSPS) is 12.5. The Labute approximate surface area is 222 Å². The highest BCUT2D eigenvalue weighted by molar-refractivity contribution is 7.22. The summed E-state index contributed by atoms with van der Waals surface area (Å²) in [6.07, 6.45) is 7.37. The highest BCUT2D eigenvalue weighted by Crippen LogP contribution is 2.28. The quantitative estimate of drug-likeness (QED) is 0.258. The third-order valence-electron chi connectivity index (χ3n) is 5.76. The predicted octanol–water partition coefficient (Wildman–Crippen LogP) is 7.62.